The van der Waals surface area contributed by atoms with Crippen LogP contribution in [0.1, 0.15) is 61.8 Å². The highest BCUT2D eigenvalue weighted by Crippen LogP contribution is 2.43. The van der Waals surface area contributed by atoms with Crippen molar-refractivity contribution in [1.29, 1.82) is 0 Å². The Morgan fingerprint density at radius 3 is 2.42 bits per heavy atom. The molecule has 276 valence electrons. The number of halogens is 2. The molecular weight excluding hydrogens is 715 g/mol. The zero-order chi connectivity index (χ0) is 37.7. The Labute approximate surface area is 317 Å². The number of aromatic nitrogens is 5. The van der Waals surface area contributed by atoms with E-state index in [0.29, 0.717) is 79.4 Å². The van der Waals surface area contributed by atoms with Crippen LogP contribution in [-0.4, -0.2) is 68.0 Å². The molecule has 0 bridgehead atoms. The molecule has 3 aromatic carbocycles. The number of nitrogens with zero attached hydrogens (tertiary/aromatic N) is 6. The predicted molar refractivity (Wildman–Crippen MR) is 208 cm³/mol. The summed E-state index contributed by atoms with van der Waals surface area (Å²) in [7, 11) is 3.52. The van der Waals surface area contributed by atoms with Crippen LogP contribution in [-0.2, 0) is 31.3 Å². The fraction of sp³-hybridized carbons (Fsp3) is 0.350. The van der Waals surface area contributed by atoms with E-state index in [1.54, 1.807) is 29.0 Å². The summed E-state index contributed by atoms with van der Waals surface area (Å²) in [5.41, 5.74) is 9.06. The standard InChI is InChI=1S/C40H42Cl2N6O5/c1-22-17-27(18-23(2)36(22)42)53-15-7-9-28-29-10-11-32(41)35(34-24(3)44-45(5)25(34)4)37(29)47-13-8-12-46(39(49)38(28)47)26-19-30(40(50)51)31-21-43-48(14-16-52-6)33(31)20-26/h10-11,17-21H,7-9,12-16H2,1-6H3,(H,50,51). The fourth-order valence-corrected chi connectivity index (χ4v) is 8.09. The van der Waals surface area contributed by atoms with E-state index in [0.717, 1.165) is 60.9 Å². The van der Waals surface area contributed by atoms with E-state index < -0.39 is 5.97 Å². The van der Waals surface area contributed by atoms with E-state index >= 15 is 4.79 Å². The van der Waals surface area contributed by atoms with E-state index in [-0.39, 0.29) is 11.5 Å². The molecule has 11 nitrogen and oxygen atoms in total. The number of amides is 1. The average molecular weight is 758 g/mol. The van der Waals surface area contributed by atoms with Gasteiger partial charge in [-0.2, -0.15) is 10.2 Å². The molecule has 3 aromatic heterocycles. The van der Waals surface area contributed by atoms with E-state index in [2.05, 4.69) is 9.67 Å². The first-order chi connectivity index (χ1) is 25.4. The van der Waals surface area contributed by atoms with Gasteiger partial charge in [-0.3, -0.25) is 14.2 Å². The first-order valence-corrected chi connectivity index (χ1v) is 18.4. The number of hydrogen-bond acceptors (Lipinski definition) is 6. The minimum atomic E-state index is -1.09. The zero-order valence-electron chi connectivity index (χ0n) is 30.7. The summed E-state index contributed by atoms with van der Waals surface area (Å²) in [6, 6.07) is 11.2. The van der Waals surface area contributed by atoms with E-state index in [1.165, 1.54) is 0 Å². The third-order valence-corrected chi connectivity index (χ3v) is 11.2. The van der Waals surface area contributed by atoms with Gasteiger partial charge in [0.2, 0.25) is 0 Å². The van der Waals surface area contributed by atoms with Gasteiger partial charge < -0.3 is 24.0 Å². The molecule has 0 aliphatic carbocycles. The lowest BCUT2D eigenvalue weighted by Crippen LogP contribution is -2.32. The number of aromatic carboxylic acids is 1. The lowest BCUT2D eigenvalue weighted by atomic mass is 9.98. The smallest absolute Gasteiger partial charge is 0.336 e. The number of fused-ring (bicyclic) bond motifs is 4. The second-order valence-electron chi connectivity index (χ2n) is 13.7. The summed E-state index contributed by atoms with van der Waals surface area (Å²) in [6.45, 7) is 10.1. The van der Waals surface area contributed by atoms with Gasteiger partial charge in [0.15, 0.2) is 0 Å². The molecule has 1 amide bonds. The molecule has 0 radical (unpaired) electrons. The Morgan fingerprint density at radius 1 is 0.981 bits per heavy atom. The summed E-state index contributed by atoms with van der Waals surface area (Å²) < 4.78 is 17.2. The van der Waals surface area contributed by atoms with E-state index in [4.69, 9.17) is 37.8 Å². The maximum atomic E-state index is 15.1. The number of methoxy groups -OCH3 is 1. The number of carbonyl (C=O) groups is 2. The molecule has 53 heavy (non-hydrogen) atoms. The number of anilines is 1. The lowest BCUT2D eigenvalue weighted by molar-refractivity contribution is 0.0698. The van der Waals surface area contributed by atoms with Gasteiger partial charge in [-0.15, -0.1) is 0 Å². The Kier molecular flexibility index (Phi) is 10.0. The number of ether oxygens (including phenoxy) is 2. The number of hydrogen-bond donors (Lipinski definition) is 1. The van der Waals surface area contributed by atoms with Crippen LogP contribution in [0.5, 0.6) is 5.75 Å². The summed E-state index contributed by atoms with van der Waals surface area (Å²) in [4.78, 5) is 29.4. The molecule has 7 rings (SSSR count). The zero-order valence-corrected chi connectivity index (χ0v) is 32.2. The van der Waals surface area contributed by atoms with Crippen molar-refractivity contribution in [2.75, 3.05) is 31.8 Å². The van der Waals surface area contributed by atoms with Crippen LogP contribution < -0.4 is 9.64 Å². The monoisotopic (exact) mass is 756 g/mol. The van der Waals surface area contributed by atoms with Gasteiger partial charge in [0, 0.05) is 65.6 Å². The molecule has 0 fully saturated rings. The molecule has 0 atom stereocenters. The van der Waals surface area contributed by atoms with Crippen molar-refractivity contribution in [3.8, 4) is 16.9 Å². The molecule has 1 aliphatic heterocycles. The van der Waals surface area contributed by atoms with Crippen LogP contribution in [0.15, 0.2) is 42.6 Å². The quantitative estimate of drug-likeness (QED) is 0.132. The average Bonchev–Trinajstić information content (AvgIpc) is 3.71. The van der Waals surface area contributed by atoms with Crippen molar-refractivity contribution in [2.45, 2.75) is 60.0 Å². The first kappa shape index (κ1) is 36.5. The molecule has 0 saturated carbocycles. The van der Waals surface area contributed by atoms with Crippen molar-refractivity contribution in [3.63, 3.8) is 0 Å². The maximum absolute atomic E-state index is 15.1. The minimum Gasteiger partial charge on any atom is -0.494 e. The fourth-order valence-electron chi connectivity index (χ4n) is 7.73. The van der Waals surface area contributed by atoms with Crippen molar-refractivity contribution < 1.29 is 24.2 Å². The van der Waals surface area contributed by atoms with Crippen molar-refractivity contribution in [3.05, 3.63) is 92.0 Å². The molecule has 0 spiro atoms. The Balaban J connectivity index is 1.36. The number of benzene rings is 3. The van der Waals surface area contributed by atoms with Crippen molar-refractivity contribution in [1.82, 2.24) is 24.1 Å². The normalized spacial score (nSPS) is 13.3. The Morgan fingerprint density at radius 2 is 1.74 bits per heavy atom. The number of carboxylic acids is 1. The Bertz CT molecular complexity index is 2400. The third-order valence-electron chi connectivity index (χ3n) is 10.3. The summed E-state index contributed by atoms with van der Waals surface area (Å²) in [6.07, 6.45) is 3.37. The van der Waals surface area contributed by atoms with Crippen LogP contribution in [0.2, 0.25) is 10.0 Å². The van der Waals surface area contributed by atoms with Gasteiger partial charge in [0.1, 0.15) is 11.4 Å². The van der Waals surface area contributed by atoms with Crippen LogP contribution >= 0.6 is 23.2 Å². The number of rotatable bonds is 11. The van der Waals surface area contributed by atoms with Gasteiger partial charge >= 0.3 is 5.97 Å². The number of carbonyl (C=O) groups excluding carboxylic acids is 1. The third kappa shape index (κ3) is 6.45. The first-order valence-electron chi connectivity index (χ1n) is 17.7. The predicted octanol–water partition coefficient (Wildman–Crippen LogP) is 8.34. The lowest BCUT2D eigenvalue weighted by Gasteiger charge is -2.22. The molecular formula is C40H42Cl2N6O5. The minimum absolute atomic E-state index is 0.0837. The highest BCUT2D eigenvalue weighted by molar-refractivity contribution is 6.35. The maximum Gasteiger partial charge on any atom is 0.336 e. The molecule has 0 unspecified atom stereocenters. The molecule has 4 heterocycles. The second kappa shape index (κ2) is 14.5. The van der Waals surface area contributed by atoms with Gasteiger partial charge in [-0.25, -0.2) is 4.79 Å². The molecule has 1 N–H and O–H groups in total. The molecule has 6 aromatic rings. The van der Waals surface area contributed by atoms with Gasteiger partial charge in [-0.05, 0) is 94.0 Å². The molecule has 13 heteroatoms. The van der Waals surface area contributed by atoms with Crippen LogP contribution in [0.3, 0.4) is 0 Å². The van der Waals surface area contributed by atoms with Crippen LogP contribution in [0, 0.1) is 27.7 Å². The van der Waals surface area contributed by atoms with Crippen molar-refractivity contribution >= 4 is 62.6 Å². The van der Waals surface area contributed by atoms with E-state index in [1.807, 2.05) is 69.8 Å². The van der Waals surface area contributed by atoms with Gasteiger partial charge in [-0.1, -0.05) is 29.3 Å². The molecule has 1 aliphatic rings. The van der Waals surface area contributed by atoms with Gasteiger partial charge in [0.25, 0.3) is 5.91 Å². The van der Waals surface area contributed by atoms with Crippen molar-refractivity contribution in [2.24, 2.45) is 7.05 Å². The van der Waals surface area contributed by atoms with Gasteiger partial charge in [0.05, 0.1) is 53.3 Å². The molecule has 0 saturated heterocycles. The highest BCUT2D eigenvalue weighted by Gasteiger charge is 2.33. The van der Waals surface area contributed by atoms with E-state index in [9.17, 15) is 9.90 Å². The second-order valence-corrected chi connectivity index (χ2v) is 14.5. The number of aryl methyl sites for hydroxylation is 6. The summed E-state index contributed by atoms with van der Waals surface area (Å²) in [5, 5.41) is 22.2. The Hall–Kier alpha value is -4.84. The summed E-state index contributed by atoms with van der Waals surface area (Å²) >= 11 is 13.5. The summed E-state index contributed by atoms with van der Waals surface area (Å²) in [5.74, 6) is -0.551. The van der Waals surface area contributed by atoms with Crippen LogP contribution in [0.4, 0.5) is 5.69 Å². The highest BCUT2D eigenvalue weighted by atomic mass is 35.5. The van der Waals surface area contributed by atoms with Crippen LogP contribution in [0.25, 0.3) is 32.9 Å². The topological polar surface area (TPSA) is 117 Å². The largest absolute Gasteiger partial charge is 0.494 e. The number of carboxylic acid groups (broad SMARTS) is 1. The SMILES string of the molecule is COCCn1ncc2c(C(=O)O)cc(N3CCCn4c(c(CCCOc5cc(C)c(Cl)c(C)c5)c5ccc(Cl)c(-c6c(C)nn(C)c6C)c54)C3=O)cc21.